The molecular weight excluding hydrogens is 166 g/mol. The first-order valence-electron chi connectivity index (χ1n) is 4.32. The maximum absolute atomic E-state index is 10.2. The van der Waals surface area contributed by atoms with E-state index in [0.29, 0.717) is 12.2 Å². The predicted octanol–water partition coefficient (Wildman–Crippen LogP) is 0.860. The Labute approximate surface area is 76.6 Å². The second kappa shape index (κ2) is 3.43. The lowest BCUT2D eigenvalue weighted by Crippen LogP contribution is -2.37. The summed E-state index contributed by atoms with van der Waals surface area (Å²) in [7, 11) is 0. The van der Waals surface area contributed by atoms with Crippen LogP contribution in [0, 0.1) is 0 Å². The van der Waals surface area contributed by atoms with E-state index in [0.717, 1.165) is 18.9 Å². The first kappa shape index (κ1) is 8.04. The van der Waals surface area contributed by atoms with Crippen molar-refractivity contribution in [3.63, 3.8) is 0 Å². The van der Waals surface area contributed by atoms with Crippen molar-refractivity contribution < 1.29 is 4.79 Å². The van der Waals surface area contributed by atoms with Crippen LogP contribution < -0.4 is 10.2 Å². The molecular formula is C9H11N3O. The van der Waals surface area contributed by atoms with E-state index >= 15 is 0 Å². The molecule has 0 radical (unpaired) electrons. The van der Waals surface area contributed by atoms with Gasteiger partial charge in [0.25, 0.3) is 0 Å². The van der Waals surface area contributed by atoms with E-state index in [4.69, 9.17) is 0 Å². The van der Waals surface area contributed by atoms with Crippen LogP contribution in [0.1, 0.15) is 6.42 Å². The van der Waals surface area contributed by atoms with Crippen LogP contribution in [0.4, 0.5) is 11.6 Å². The first-order chi connectivity index (χ1) is 6.40. The van der Waals surface area contributed by atoms with Gasteiger partial charge in [-0.1, -0.05) is 6.07 Å². The molecule has 1 N–H and O–H groups in total. The Balaban J connectivity index is 2.16. The molecule has 1 saturated heterocycles. The number of hydrogen-bond acceptors (Lipinski definition) is 3. The largest absolute Gasteiger partial charge is 0.356 e. The maximum atomic E-state index is 10.2. The third-order valence-electron chi connectivity index (χ3n) is 2.12. The second-order valence-corrected chi connectivity index (χ2v) is 2.98. The minimum Gasteiger partial charge on any atom is -0.356 e. The number of rotatable bonds is 3. The van der Waals surface area contributed by atoms with E-state index in [9.17, 15) is 4.79 Å². The van der Waals surface area contributed by atoms with Crippen molar-refractivity contribution in [2.45, 2.75) is 6.42 Å². The Morgan fingerprint density at radius 3 is 2.92 bits per heavy atom. The van der Waals surface area contributed by atoms with Gasteiger partial charge < -0.3 is 10.2 Å². The molecule has 1 aliphatic heterocycles. The predicted molar refractivity (Wildman–Crippen MR) is 50.8 cm³/mol. The van der Waals surface area contributed by atoms with Gasteiger partial charge in [-0.2, -0.15) is 0 Å². The molecule has 0 aromatic carbocycles. The lowest BCUT2D eigenvalue weighted by molar-refractivity contribution is -0.105. The van der Waals surface area contributed by atoms with E-state index in [-0.39, 0.29) is 0 Å². The molecule has 0 atom stereocenters. The molecule has 0 bridgehead atoms. The van der Waals surface area contributed by atoms with Crippen molar-refractivity contribution in [2.75, 3.05) is 23.3 Å². The molecule has 1 aliphatic rings. The van der Waals surface area contributed by atoms with Gasteiger partial charge in [0.1, 0.15) is 11.6 Å². The minimum absolute atomic E-state index is 0.611. The van der Waals surface area contributed by atoms with E-state index in [1.807, 2.05) is 12.1 Å². The van der Waals surface area contributed by atoms with Gasteiger partial charge in [-0.3, -0.25) is 4.79 Å². The number of nitrogens with zero attached hydrogens (tertiary/aromatic N) is 2. The standard InChI is InChI=1S/C9H11N3O/c13-7-10-8-3-1-4-9(11-8)12-5-2-6-12/h1,3-4,7H,2,5-6H2,(H,10,11,13). The molecule has 1 amide bonds. The zero-order chi connectivity index (χ0) is 9.10. The summed E-state index contributed by atoms with van der Waals surface area (Å²) in [4.78, 5) is 16.6. The summed E-state index contributed by atoms with van der Waals surface area (Å²) in [6, 6.07) is 5.62. The molecule has 2 heterocycles. The molecule has 2 rings (SSSR count). The van der Waals surface area contributed by atoms with Crippen molar-refractivity contribution in [1.29, 1.82) is 0 Å². The monoisotopic (exact) mass is 177 g/mol. The maximum Gasteiger partial charge on any atom is 0.212 e. The van der Waals surface area contributed by atoms with E-state index in [1.165, 1.54) is 6.42 Å². The van der Waals surface area contributed by atoms with Gasteiger partial charge in [0.15, 0.2) is 0 Å². The third kappa shape index (κ3) is 1.61. The fourth-order valence-electron chi connectivity index (χ4n) is 1.29. The van der Waals surface area contributed by atoms with Gasteiger partial charge in [-0.05, 0) is 18.6 Å². The van der Waals surface area contributed by atoms with E-state index in [1.54, 1.807) is 6.07 Å². The van der Waals surface area contributed by atoms with Crippen LogP contribution in [0.3, 0.4) is 0 Å². The van der Waals surface area contributed by atoms with Gasteiger partial charge in [-0.15, -0.1) is 0 Å². The molecule has 13 heavy (non-hydrogen) atoms. The average molecular weight is 177 g/mol. The minimum atomic E-state index is 0.611. The molecule has 68 valence electrons. The topological polar surface area (TPSA) is 45.2 Å². The second-order valence-electron chi connectivity index (χ2n) is 2.98. The Morgan fingerprint density at radius 1 is 1.46 bits per heavy atom. The van der Waals surface area contributed by atoms with Crippen molar-refractivity contribution in [3.05, 3.63) is 18.2 Å². The highest BCUT2D eigenvalue weighted by molar-refractivity contribution is 5.69. The highest BCUT2D eigenvalue weighted by Gasteiger charge is 2.15. The van der Waals surface area contributed by atoms with Crippen LogP contribution in [-0.2, 0) is 4.79 Å². The van der Waals surface area contributed by atoms with E-state index < -0.39 is 0 Å². The summed E-state index contributed by atoms with van der Waals surface area (Å²) in [5, 5.41) is 2.53. The number of carbonyl (C=O) groups excluding carboxylic acids is 1. The first-order valence-corrected chi connectivity index (χ1v) is 4.32. The highest BCUT2D eigenvalue weighted by atomic mass is 16.1. The lowest BCUT2D eigenvalue weighted by Gasteiger charge is -2.32. The zero-order valence-electron chi connectivity index (χ0n) is 7.23. The number of nitrogens with one attached hydrogen (secondary N) is 1. The summed E-state index contributed by atoms with van der Waals surface area (Å²) >= 11 is 0. The molecule has 0 saturated carbocycles. The number of carbonyl (C=O) groups is 1. The Hall–Kier alpha value is -1.58. The van der Waals surface area contributed by atoms with Crippen LogP contribution in [0.5, 0.6) is 0 Å². The van der Waals surface area contributed by atoms with Crippen LogP contribution in [0.2, 0.25) is 0 Å². The molecule has 4 heteroatoms. The van der Waals surface area contributed by atoms with Gasteiger partial charge in [0.05, 0.1) is 0 Å². The van der Waals surface area contributed by atoms with Crippen LogP contribution >= 0.6 is 0 Å². The average Bonchev–Trinajstić information content (AvgIpc) is 2.02. The smallest absolute Gasteiger partial charge is 0.212 e. The zero-order valence-corrected chi connectivity index (χ0v) is 7.23. The van der Waals surface area contributed by atoms with Gasteiger partial charge >= 0.3 is 0 Å². The van der Waals surface area contributed by atoms with Crippen molar-refractivity contribution in [3.8, 4) is 0 Å². The quantitative estimate of drug-likeness (QED) is 0.696. The molecule has 0 aliphatic carbocycles. The summed E-state index contributed by atoms with van der Waals surface area (Å²) < 4.78 is 0. The fraction of sp³-hybridized carbons (Fsp3) is 0.333. The SMILES string of the molecule is O=CNc1cccc(N2CCC2)n1. The van der Waals surface area contributed by atoms with Crippen molar-refractivity contribution >= 4 is 18.0 Å². The van der Waals surface area contributed by atoms with Gasteiger partial charge in [0.2, 0.25) is 6.41 Å². The summed E-state index contributed by atoms with van der Waals surface area (Å²) in [5.74, 6) is 1.55. The summed E-state index contributed by atoms with van der Waals surface area (Å²) in [6.07, 6.45) is 1.87. The molecule has 0 unspecified atom stereocenters. The molecule has 4 nitrogen and oxygen atoms in total. The summed E-state index contributed by atoms with van der Waals surface area (Å²) in [5.41, 5.74) is 0. The van der Waals surface area contributed by atoms with E-state index in [2.05, 4.69) is 15.2 Å². The normalized spacial score (nSPS) is 14.9. The number of pyridine rings is 1. The summed E-state index contributed by atoms with van der Waals surface area (Å²) in [6.45, 7) is 2.13. The Morgan fingerprint density at radius 2 is 2.31 bits per heavy atom. The molecule has 1 aromatic heterocycles. The molecule has 1 fully saturated rings. The van der Waals surface area contributed by atoms with Crippen LogP contribution in [0.15, 0.2) is 18.2 Å². The lowest BCUT2D eigenvalue weighted by atomic mass is 10.2. The number of anilines is 2. The Bertz CT molecular complexity index is 309. The fourth-order valence-corrected chi connectivity index (χ4v) is 1.29. The number of hydrogen-bond donors (Lipinski definition) is 1. The number of amides is 1. The van der Waals surface area contributed by atoms with Gasteiger partial charge in [-0.25, -0.2) is 4.98 Å². The Kier molecular flexibility index (Phi) is 2.12. The van der Waals surface area contributed by atoms with Crippen LogP contribution in [0.25, 0.3) is 0 Å². The molecule has 0 spiro atoms. The van der Waals surface area contributed by atoms with Gasteiger partial charge in [0, 0.05) is 13.1 Å². The van der Waals surface area contributed by atoms with Crippen molar-refractivity contribution in [1.82, 2.24) is 4.98 Å². The van der Waals surface area contributed by atoms with Crippen molar-refractivity contribution in [2.24, 2.45) is 0 Å². The number of aromatic nitrogens is 1. The molecule has 1 aromatic rings. The highest BCUT2D eigenvalue weighted by Crippen LogP contribution is 2.19. The third-order valence-corrected chi connectivity index (χ3v) is 2.12. The van der Waals surface area contributed by atoms with Crippen LogP contribution in [-0.4, -0.2) is 24.5 Å².